The SMILES string of the molecule is CCCOc1ccc(C(COCCC(C)C)NCC)cc1. The van der Waals surface area contributed by atoms with Gasteiger partial charge in [0.1, 0.15) is 5.75 Å². The molecule has 0 aliphatic rings. The zero-order valence-electron chi connectivity index (χ0n) is 14.0. The lowest BCUT2D eigenvalue weighted by molar-refractivity contribution is 0.103. The molecule has 0 bridgehead atoms. The van der Waals surface area contributed by atoms with Crippen LogP contribution >= 0.6 is 0 Å². The smallest absolute Gasteiger partial charge is 0.119 e. The van der Waals surface area contributed by atoms with E-state index in [9.17, 15) is 0 Å². The zero-order valence-corrected chi connectivity index (χ0v) is 14.0. The first-order chi connectivity index (χ1) is 10.2. The van der Waals surface area contributed by atoms with Gasteiger partial charge in [-0.15, -0.1) is 0 Å². The van der Waals surface area contributed by atoms with E-state index in [-0.39, 0.29) is 6.04 Å². The molecule has 1 unspecified atom stereocenters. The van der Waals surface area contributed by atoms with Gasteiger partial charge in [-0.05, 0) is 43.0 Å². The second-order valence-corrected chi connectivity index (χ2v) is 5.79. The summed E-state index contributed by atoms with van der Waals surface area (Å²) in [6, 6.07) is 8.60. The number of hydrogen-bond acceptors (Lipinski definition) is 3. The fourth-order valence-corrected chi connectivity index (χ4v) is 2.06. The Balaban J connectivity index is 2.50. The largest absolute Gasteiger partial charge is 0.494 e. The molecule has 0 saturated carbocycles. The molecule has 0 amide bonds. The van der Waals surface area contributed by atoms with Gasteiger partial charge < -0.3 is 14.8 Å². The first kappa shape index (κ1) is 18.0. The molecule has 0 fully saturated rings. The monoisotopic (exact) mass is 293 g/mol. The number of rotatable bonds is 11. The van der Waals surface area contributed by atoms with Crippen molar-refractivity contribution in [1.29, 1.82) is 0 Å². The van der Waals surface area contributed by atoms with Crippen LogP contribution in [0.2, 0.25) is 0 Å². The van der Waals surface area contributed by atoms with Crippen molar-refractivity contribution < 1.29 is 9.47 Å². The first-order valence-electron chi connectivity index (χ1n) is 8.21. The second-order valence-electron chi connectivity index (χ2n) is 5.79. The van der Waals surface area contributed by atoms with E-state index in [1.54, 1.807) is 0 Å². The highest BCUT2D eigenvalue weighted by Crippen LogP contribution is 2.18. The summed E-state index contributed by atoms with van der Waals surface area (Å²) in [6.45, 7) is 11.9. The second kappa shape index (κ2) is 10.6. The number of ether oxygens (including phenoxy) is 2. The third kappa shape index (κ3) is 7.49. The summed E-state index contributed by atoms with van der Waals surface area (Å²) in [7, 11) is 0. The van der Waals surface area contributed by atoms with Crippen LogP contribution in [0.1, 0.15) is 52.1 Å². The molecule has 1 aromatic carbocycles. The van der Waals surface area contributed by atoms with Gasteiger partial charge in [-0.2, -0.15) is 0 Å². The van der Waals surface area contributed by atoms with Gasteiger partial charge in [0.2, 0.25) is 0 Å². The maximum atomic E-state index is 5.81. The van der Waals surface area contributed by atoms with E-state index < -0.39 is 0 Å². The Bertz CT molecular complexity index is 362. The van der Waals surface area contributed by atoms with Crippen molar-refractivity contribution in [2.24, 2.45) is 5.92 Å². The molecular formula is C18H31NO2. The lowest BCUT2D eigenvalue weighted by Gasteiger charge is -2.19. The molecular weight excluding hydrogens is 262 g/mol. The van der Waals surface area contributed by atoms with Gasteiger partial charge in [0, 0.05) is 6.61 Å². The van der Waals surface area contributed by atoms with Crippen LogP contribution in [0.25, 0.3) is 0 Å². The molecule has 0 spiro atoms. The predicted molar refractivity (Wildman–Crippen MR) is 88.9 cm³/mol. The van der Waals surface area contributed by atoms with Gasteiger partial charge in [-0.1, -0.05) is 39.8 Å². The lowest BCUT2D eigenvalue weighted by Crippen LogP contribution is -2.25. The Morgan fingerprint density at radius 1 is 1.05 bits per heavy atom. The average molecular weight is 293 g/mol. The van der Waals surface area contributed by atoms with Crippen LogP contribution in [0, 0.1) is 5.92 Å². The maximum absolute atomic E-state index is 5.81. The van der Waals surface area contributed by atoms with E-state index in [0.29, 0.717) is 5.92 Å². The summed E-state index contributed by atoms with van der Waals surface area (Å²) < 4.78 is 11.4. The molecule has 3 nitrogen and oxygen atoms in total. The molecule has 120 valence electrons. The van der Waals surface area contributed by atoms with Crippen molar-refractivity contribution in [2.75, 3.05) is 26.4 Å². The van der Waals surface area contributed by atoms with Crippen molar-refractivity contribution in [3.8, 4) is 5.75 Å². The highest BCUT2D eigenvalue weighted by atomic mass is 16.5. The third-order valence-electron chi connectivity index (χ3n) is 3.33. The van der Waals surface area contributed by atoms with Gasteiger partial charge in [0.25, 0.3) is 0 Å². The highest BCUT2D eigenvalue weighted by molar-refractivity contribution is 5.29. The molecule has 1 atom stereocenters. The molecule has 1 aromatic rings. The van der Waals surface area contributed by atoms with E-state index >= 15 is 0 Å². The van der Waals surface area contributed by atoms with Gasteiger partial charge >= 0.3 is 0 Å². The minimum absolute atomic E-state index is 0.252. The van der Waals surface area contributed by atoms with Crippen molar-refractivity contribution in [3.63, 3.8) is 0 Å². The van der Waals surface area contributed by atoms with Crippen LogP contribution in [0.15, 0.2) is 24.3 Å². The highest BCUT2D eigenvalue weighted by Gasteiger charge is 2.10. The molecule has 1 rings (SSSR count). The van der Waals surface area contributed by atoms with Crippen molar-refractivity contribution in [2.45, 2.75) is 46.6 Å². The Morgan fingerprint density at radius 3 is 2.33 bits per heavy atom. The summed E-state index contributed by atoms with van der Waals surface area (Å²) >= 11 is 0. The number of nitrogens with one attached hydrogen (secondary N) is 1. The van der Waals surface area contributed by atoms with Gasteiger partial charge in [-0.3, -0.25) is 0 Å². The van der Waals surface area contributed by atoms with Crippen LogP contribution in [-0.2, 0) is 4.74 Å². The van der Waals surface area contributed by atoms with E-state index in [1.165, 1.54) is 5.56 Å². The van der Waals surface area contributed by atoms with Crippen molar-refractivity contribution in [1.82, 2.24) is 5.32 Å². The number of likely N-dealkylation sites (N-methyl/N-ethyl adjacent to an activating group) is 1. The van der Waals surface area contributed by atoms with Crippen LogP contribution in [-0.4, -0.2) is 26.4 Å². The van der Waals surface area contributed by atoms with Crippen LogP contribution in [0.3, 0.4) is 0 Å². The molecule has 1 N–H and O–H groups in total. The summed E-state index contributed by atoms with van der Waals surface area (Å²) in [5, 5.41) is 3.48. The average Bonchev–Trinajstić information content (AvgIpc) is 2.48. The van der Waals surface area contributed by atoms with Crippen molar-refractivity contribution in [3.05, 3.63) is 29.8 Å². The Hall–Kier alpha value is -1.06. The van der Waals surface area contributed by atoms with Crippen molar-refractivity contribution >= 4 is 0 Å². The summed E-state index contributed by atoms with van der Waals surface area (Å²) in [6.07, 6.45) is 2.15. The molecule has 0 aliphatic heterocycles. The summed E-state index contributed by atoms with van der Waals surface area (Å²) in [5.41, 5.74) is 1.25. The Kier molecular flexibility index (Phi) is 9.11. The van der Waals surface area contributed by atoms with Crippen LogP contribution in [0.5, 0.6) is 5.75 Å². The fourth-order valence-electron chi connectivity index (χ4n) is 2.06. The van der Waals surface area contributed by atoms with E-state index in [0.717, 1.165) is 45.0 Å². The topological polar surface area (TPSA) is 30.5 Å². The first-order valence-corrected chi connectivity index (χ1v) is 8.21. The molecule has 21 heavy (non-hydrogen) atoms. The molecule has 0 aliphatic carbocycles. The zero-order chi connectivity index (χ0) is 15.5. The summed E-state index contributed by atoms with van der Waals surface area (Å²) in [4.78, 5) is 0. The van der Waals surface area contributed by atoms with E-state index in [1.807, 2.05) is 12.1 Å². The number of hydrogen-bond donors (Lipinski definition) is 1. The molecule has 3 heteroatoms. The maximum Gasteiger partial charge on any atom is 0.119 e. The quantitative estimate of drug-likeness (QED) is 0.621. The molecule has 0 heterocycles. The van der Waals surface area contributed by atoms with Crippen LogP contribution in [0.4, 0.5) is 0 Å². The molecule has 0 aromatic heterocycles. The molecule has 0 saturated heterocycles. The Morgan fingerprint density at radius 2 is 1.76 bits per heavy atom. The van der Waals surface area contributed by atoms with Gasteiger partial charge in [-0.25, -0.2) is 0 Å². The minimum Gasteiger partial charge on any atom is -0.494 e. The van der Waals surface area contributed by atoms with Gasteiger partial charge in [0.05, 0.1) is 19.3 Å². The minimum atomic E-state index is 0.252. The van der Waals surface area contributed by atoms with E-state index in [2.05, 4.69) is 45.1 Å². The number of benzene rings is 1. The predicted octanol–water partition coefficient (Wildman–Crippen LogP) is 4.19. The fraction of sp³-hybridized carbons (Fsp3) is 0.667. The lowest BCUT2D eigenvalue weighted by atomic mass is 10.1. The molecule has 0 radical (unpaired) electrons. The normalized spacial score (nSPS) is 12.6. The summed E-state index contributed by atoms with van der Waals surface area (Å²) in [5.74, 6) is 1.63. The van der Waals surface area contributed by atoms with Crippen LogP contribution < -0.4 is 10.1 Å². The third-order valence-corrected chi connectivity index (χ3v) is 3.33. The standard InChI is InChI=1S/C18H31NO2/c1-5-12-21-17-9-7-16(8-10-17)18(19-6-2)14-20-13-11-15(3)4/h7-10,15,18-19H,5-6,11-14H2,1-4H3. The van der Waals surface area contributed by atoms with Gasteiger partial charge in [0.15, 0.2) is 0 Å². The van der Waals surface area contributed by atoms with E-state index in [4.69, 9.17) is 9.47 Å². The Labute approximate surface area is 130 Å².